The Kier molecular flexibility index (Phi) is 4.37. The van der Waals surface area contributed by atoms with Gasteiger partial charge in [0.25, 0.3) is 5.91 Å². The van der Waals surface area contributed by atoms with Crippen LogP contribution in [0.2, 0.25) is 0 Å². The molecule has 0 aliphatic heterocycles. The highest BCUT2D eigenvalue weighted by Crippen LogP contribution is 2.14. The van der Waals surface area contributed by atoms with Gasteiger partial charge in [0.2, 0.25) is 0 Å². The second-order valence-corrected chi connectivity index (χ2v) is 5.27. The molecule has 0 fully saturated rings. The molecule has 0 unspecified atom stereocenters. The molecule has 100 valence electrons. The van der Waals surface area contributed by atoms with Crippen LogP contribution in [0.1, 0.15) is 29.4 Å². The largest absolute Gasteiger partial charge is 0.307 e. The summed E-state index contributed by atoms with van der Waals surface area (Å²) in [6.45, 7) is 4.79. The molecule has 0 aliphatic rings. The molecular weight excluding hydrogens is 306 g/mol. The van der Waals surface area contributed by atoms with Gasteiger partial charge in [-0.1, -0.05) is 22.9 Å². The zero-order valence-corrected chi connectivity index (χ0v) is 12.6. The number of benzene rings is 1. The van der Waals surface area contributed by atoms with Crippen LogP contribution in [0, 0.1) is 6.92 Å². The first-order valence-electron chi connectivity index (χ1n) is 6.21. The Balaban J connectivity index is 2.16. The number of amides is 1. The lowest BCUT2D eigenvalue weighted by Crippen LogP contribution is -2.15. The van der Waals surface area contributed by atoms with Crippen molar-refractivity contribution in [3.63, 3.8) is 0 Å². The van der Waals surface area contributed by atoms with Gasteiger partial charge in [-0.25, -0.2) is 4.68 Å². The first-order valence-corrected chi connectivity index (χ1v) is 7.01. The van der Waals surface area contributed by atoms with Crippen molar-refractivity contribution in [3.05, 3.63) is 46.1 Å². The minimum Gasteiger partial charge on any atom is -0.307 e. The zero-order valence-electron chi connectivity index (χ0n) is 11.0. The molecule has 0 atom stereocenters. The van der Waals surface area contributed by atoms with Crippen LogP contribution in [0.25, 0.3) is 0 Å². The summed E-state index contributed by atoms with van der Waals surface area (Å²) in [7, 11) is 0. The van der Waals surface area contributed by atoms with E-state index in [9.17, 15) is 4.79 Å². The molecule has 0 spiro atoms. The van der Waals surface area contributed by atoms with E-state index in [2.05, 4.69) is 33.3 Å². The molecular formula is C14H16BrN3O. The zero-order chi connectivity index (χ0) is 13.8. The molecule has 0 saturated heterocycles. The minimum absolute atomic E-state index is 0.121. The van der Waals surface area contributed by atoms with E-state index in [-0.39, 0.29) is 5.91 Å². The van der Waals surface area contributed by atoms with Crippen molar-refractivity contribution < 1.29 is 4.79 Å². The first kappa shape index (κ1) is 13.8. The molecule has 1 aromatic carbocycles. The summed E-state index contributed by atoms with van der Waals surface area (Å²) < 4.78 is 2.78. The number of anilines is 1. The third-order valence-electron chi connectivity index (χ3n) is 2.69. The number of hydrogen-bond donors (Lipinski definition) is 1. The standard InChI is InChI=1S/C14H16BrN3O/c1-3-8-18-13(9-10(2)17-18)16-14(19)11-4-6-12(15)7-5-11/h4-7,9H,3,8H2,1-2H3,(H,16,19). The fourth-order valence-electron chi connectivity index (χ4n) is 1.82. The lowest BCUT2D eigenvalue weighted by Gasteiger charge is -2.07. The molecule has 1 amide bonds. The number of nitrogens with zero attached hydrogens (tertiary/aromatic N) is 2. The van der Waals surface area contributed by atoms with Gasteiger partial charge in [-0.05, 0) is 37.6 Å². The number of halogens is 1. The van der Waals surface area contributed by atoms with Crippen LogP contribution in [0.5, 0.6) is 0 Å². The molecule has 0 saturated carbocycles. The SMILES string of the molecule is CCCn1nc(C)cc1NC(=O)c1ccc(Br)cc1. The Bertz CT molecular complexity index is 575. The molecule has 2 rings (SSSR count). The van der Waals surface area contributed by atoms with Gasteiger partial charge in [0.1, 0.15) is 5.82 Å². The summed E-state index contributed by atoms with van der Waals surface area (Å²) in [6, 6.07) is 9.15. The van der Waals surface area contributed by atoms with Crippen LogP contribution < -0.4 is 5.32 Å². The average molecular weight is 322 g/mol. The van der Waals surface area contributed by atoms with E-state index in [1.165, 1.54) is 0 Å². The lowest BCUT2D eigenvalue weighted by atomic mass is 10.2. The van der Waals surface area contributed by atoms with Gasteiger partial charge >= 0.3 is 0 Å². The second kappa shape index (κ2) is 6.02. The third-order valence-corrected chi connectivity index (χ3v) is 3.21. The number of aromatic nitrogens is 2. The smallest absolute Gasteiger partial charge is 0.256 e. The Morgan fingerprint density at radius 2 is 2.05 bits per heavy atom. The van der Waals surface area contributed by atoms with Gasteiger partial charge < -0.3 is 5.32 Å². The van der Waals surface area contributed by atoms with Gasteiger partial charge in [-0.15, -0.1) is 0 Å². The van der Waals surface area contributed by atoms with Crippen LogP contribution in [-0.4, -0.2) is 15.7 Å². The van der Waals surface area contributed by atoms with Gasteiger partial charge in [0.15, 0.2) is 0 Å². The van der Waals surface area contributed by atoms with Crippen molar-refractivity contribution in [2.75, 3.05) is 5.32 Å². The molecule has 1 heterocycles. The summed E-state index contributed by atoms with van der Waals surface area (Å²) >= 11 is 3.35. The monoisotopic (exact) mass is 321 g/mol. The molecule has 1 aromatic heterocycles. The van der Waals surface area contributed by atoms with Crippen LogP contribution in [-0.2, 0) is 6.54 Å². The van der Waals surface area contributed by atoms with Crippen molar-refractivity contribution in [3.8, 4) is 0 Å². The maximum atomic E-state index is 12.1. The Hall–Kier alpha value is -1.62. The van der Waals surface area contributed by atoms with Crippen molar-refractivity contribution in [2.24, 2.45) is 0 Å². The van der Waals surface area contributed by atoms with E-state index < -0.39 is 0 Å². The highest BCUT2D eigenvalue weighted by atomic mass is 79.9. The molecule has 0 bridgehead atoms. The Morgan fingerprint density at radius 1 is 1.37 bits per heavy atom. The van der Waals surface area contributed by atoms with Crippen molar-refractivity contribution in [2.45, 2.75) is 26.8 Å². The Morgan fingerprint density at radius 3 is 2.68 bits per heavy atom. The summed E-state index contributed by atoms with van der Waals surface area (Å²) in [5.41, 5.74) is 1.53. The molecule has 19 heavy (non-hydrogen) atoms. The van der Waals surface area contributed by atoms with Crippen molar-refractivity contribution in [1.82, 2.24) is 9.78 Å². The third kappa shape index (κ3) is 3.44. The number of rotatable bonds is 4. The summed E-state index contributed by atoms with van der Waals surface area (Å²) in [5, 5.41) is 7.25. The van der Waals surface area contributed by atoms with Crippen LogP contribution in [0.3, 0.4) is 0 Å². The minimum atomic E-state index is -0.121. The average Bonchev–Trinajstić information content (AvgIpc) is 2.71. The van der Waals surface area contributed by atoms with E-state index in [1.807, 2.05) is 29.8 Å². The fourth-order valence-corrected chi connectivity index (χ4v) is 2.08. The van der Waals surface area contributed by atoms with E-state index >= 15 is 0 Å². The normalized spacial score (nSPS) is 10.5. The number of aryl methyl sites for hydroxylation is 2. The van der Waals surface area contributed by atoms with E-state index in [0.717, 1.165) is 29.0 Å². The number of carbonyl (C=O) groups is 1. The Labute approximate surface area is 120 Å². The number of nitrogens with one attached hydrogen (secondary N) is 1. The van der Waals surface area contributed by atoms with Crippen LogP contribution in [0.15, 0.2) is 34.8 Å². The highest BCUT2D eigenvalue weighted by molar-refractivity contribution is 9.10. The lowest BCUT2D eigenvalue weighted by molar-refractivity contribution is 0.102. The summed E-state index contributed by atoms with van der Waals surface area (Å²) in [5.74, 6) is 0.622. The molecule has 2 aromatic rings. The predicted molar refractivity (Wildman–Crippen MR) is 79.4 cm³/mol. The molecule has 5 heteroatoms. The van der Waals surface area contributed by atoms with Gasteiger partial charge in [0.05, 0.1) is 5.69 Å². The van der Waals surface area contributed by atoms with Gasteiger partial charge in [-0.3, -0.25) is 4.79 Å². The molecule has 0 aliphatic carbocycles. The number of hydrogen-bond acceptors (Lipinski definition) is 2. The maximum absolute atomic E-state index is 12.1. The first-order chi connectivity index (χ1) is 9.10. The molecule has 1 N–H and O–H groups in total. The highest BCUT2D eigenvalue weighted by Gasteiger charge is 2.10. The summed E-state index contributed by atoms with van der Waals surface area (Å²) in [6.07, 6.45) is 0.974. The number of carbonyl (C=O) groups excluding carboxylic acids is 1. The topological polar surface area (TPSA) is 46.9 Å². The van der Waals surface area contributed by atoms with Crippen molar-refractivity contribution >= 4 is 27.7 Å². The quantitative estimate of drug-likeness (QED) is 0.934. The second-order valence-electron chi connectivity index (χ2n) is 4.36. The predicted octanol–water partition coefficient (Wildman–Crippen LogP) is 3.62. The molecule has 4 nitrogen and oxygen atoms in total. The van der Waals surface area contributed by atoms with Crippen LogP contribution in [0.4, 0.5) is 5.82 Å². The van der Waals surface area contributed by atoms with E-state index in [0.29, 0.717) is 5.56 Å². The van der Waals surface area contributed by atoms with Crippen molar-refractivity contribution in [1.29, 1.82) is 0 Å². The van der Waals surface area contributed by atoms with Gasteiger partial charge in [0, 0.05) is 22.6 Å². The summed E-state index contributed by atoms with van der Waals surface area (Å²) in [4.78, 5) is 12.1. The van der Waals surface area contributed by atoms with E-state index in [1.54, 1.807) is 12.1 Å². The maximum Gasteiger partial charge on any atom is 0.256 e. The van der Waals surface area contributed by atoms with Crippen LogP contribution >= 0.6 is 15.9 Å². The molecule has 0 radical (unpaired) electrons. The fraction of sp³-hybridized carbons (Fsp3) is 0.286. The van der Waals surface area contributed by atoms with Gasteiger partial charge in [-0.2, -0.15) is 5.10 Å². The van der Waals surface area contributed by atoms with E-state index in [4.69, 9.17) is 0 Å².